The van der Waals surface area contributed by atoms with Crippen LogP contribution >= 0.6 is 15.9 Å². The van der Waals surface area contributed by atoms with Crippen LogP contribution in [0.3, 0.4) is 0 Å². The summed E-state index contributed by atoms with van der Waals surface area (Å²) in [7, 11) is 0. The summed E-state index contributed by atoms with van der Waals surface area (Å²) in [5.74, 6) is 0.256. The van der Waals surface area contributed by atoms with Crippen molar-refractivity contribution < 1.29 is 4.79 Å². The van der Waals surface area contributed by atoms with Crippen molar-refractivity contribution in [1.82, 2.24) is 0 Å². The molecule has 0 aliphatic rings. The molecule has 0 unspecified atom stereocenters. The van der Waals surface area contributed by atoms with Gasteiger partial charge in [-0.3, -0.25) is 4.79 Å². The first-order valence-corrected chi connectivity index (χ1v) is 7.27. The van der Waals surface area contributed by atoms with Crippen molar-refractivity contribution in [2.45, 2.75) is 45.4 Å². The van der Waals surface area contributed by atoms with Gasteiger partial charge >= 0.3 is 0 Å². The monoisotopic (exact) mass is 296 g/mol. The molecule has 0 radical (unpaired) electrons. The van der Waals surface area contributed by atoms with Crippen LogP contribution in [0.15, 0.2) is 24.3 Å². The topological polar surface area (TPSA) is 17.1 Å². The van der Waals surface area contributed by atoms with E-state index in [1.807, 2.05) is 12.1 Å². The van der Waals surface area contributed by atoms with Crippen molar-refractivity contribution >= 4 is 21.7 Å². The lowest BCUT2D eigenvalue weighted by Gasteiger charge is -2.18. The van der Waals surface area contributed by atoms with Crippen LogP contribution in [0, 0.1) is 0 Å². The van der Waals surface area contributed by atoms with Crippen molar-refractivity contribution in [3.63, 3.8) is 0 Å². The molecule has 0 spiro atoms. The van der Waals surface area contributed by atoms with E-state index in [9.17, 15) is 4.79 Å². The molecular weight excluding hydrogens is 276 g/mol. The van der Waals surface area contributed by atoms with E-state index >= 15 is 0 Å². The minimum atomic E-state index is 0.150. The Morgan fingerprint density at radius 3 is 2.18 bits per heavy atom. The Labute approximate surface area is 113 Å². The maximum Gasteiger partial charge on any atom is 0.162 e. The van der Waals surface area contributed by atoms with Crippen molar-refractivity contribution in [1.29, 1.82) is 0 Å². The molecule has 0 fully saturated rings. The van der Waals surface area contributed by atoms with E-state index in [0.717, 1.165) is 23.7 Å². The molecule has 0 atom stereocenters. The summed E-state index contributed by atoms with van der Waals surface area (Å²) in [6.45, 7) is 6.54. The van der Waals surface area contributed by atoms with E-state index in [-0.39, 0.29) is 11.2 Å². The van der Waals surface area contributed by atoms with Crippen LogP contribution in [0.5, 0.6) is 0 Å². The van der Waals surface area contributed by atoms with Gasteiger partial charge in [-0.1, -0.05) is 61.0 Å². The van der Waals surface area contributed by atoms with Gasteiger partial charge in [0.1, 0.15) is 0 Å². The quantitative estimate of drug-likeness (QED) is 0.436. The first kappa shape index (κ1) is 14.4. The minimum absolute atomic E-state index is 0.150. The zero-order valence-electron chi connectivity index (χ0n) is 10.9. The third-order valence-electron chi connectivity index (χ3n) is 2.86. The van der Waals surface area contributed by atoms with Gasteiger partial charge in [-0.25, -0.2) is 0 Å². The highest BCUT2D eigenvalue weighted by atomic mass is 79.9. The summed E-state index contributed by atoms with van der Waals surface area (Å²) in [6, 6.07) is 8.05. The maximum absolute atomic E-state index is 11.9. The van der Waals surface area contributed by atoms with Crippen molar-refractivity contribution in [2.75, 3.05) is 5.33 Å². The van der Waals surface area contributed by atoms with Crippen LogP contribution in [-0.2, 0) is 5.41 Å². The number of unbranched alkanes of at least 4 members (excludes halogenated alkanes) is 1. The number of alkyl halides is 1. The van der Waals surface area contributed by atoms with Gasteiger partial charge in [-0.05, 0) is 23.8 Å². The third kappa shape index (κ3) is 4.63. The summed E-state index contributed by atoms with van der Waals surface area (Å²) in [5, 5.41) is 0.975. The molecule has 0 saturated carbocycles. The number of halogens is 1. The lowest BCUT2D eigenvalue weighted by Crippen LogP contribution is -2.11. The summed E-state index contributed by atoms with van der Waals surface area (Å²) < 4.78 is 0. The summed E-state index contributed by atoms with van der Waals surface area (Å²) in [6.07, 6.45) is 2.68. The Bertz CT molecular complexity index is 360. The van der Waals surface area contributed by atoms with Crippen LogP contribution in [0.4, 0.5) is 0 Å². The average molecular weight is 297 g/mol. The van der Waals surface area contributed by atoms with Crippen molar-refractivity contribution in [2.24, 2.45) is 0 Å². The first-order valence-electron chi connectivity index (χ1n) is 6.15. The molecule has 1 nitrogen and oxygen atoms in total. The first-order chi connectivity index (χ1) is 7.95. The second-order valence-electron chi connectivity index (χ2n) is 5.40. The van der Waals surface area contributed by atoms with Crippen molar-refractivity contribution in [3.05, 3.63) is 35.4 Å². The summed E-state index contributed by atoms with van der Waals surface area (Å²) >= 11 is 3.38. The highest BCUT2D eigenvalue weighted by Gasteiger charge is 2.14. The molecule has 0 amide bonds. The average Bonchev–Trinajstić information content (AvgIpc) is 2.28. The second-order valence-corrected chi connectivity index (χ2v) is 6.19. The second kappa shape index (κ2) is 6.34. The Balaban J connectivity index is 2.64. The van der Waals surface area contributed by atoms with Crippen molar-refractivity contribution in [3.8, 4) is 0 Å². The Morgan fingerprint density at radius 2 is 1.71 bits per heavy atom. The van der Waals surface area contributed by atoms with Gasteiger partial charge in [0.15, 0.2) is 5.78 Å². The maximum atomic E-state index is 11.9. The number of rotatable bonds is 5. The predicted octanol–water partition coefficient (Wildman–Crippen LogP) is 4.73. The highest BCUT2D eigenvalue weighted by Crippen LogP contribution is 2.22. The molecule has 0 bridgehead atoms. The van der Waals surface area contributed by atoms with Crippen LogP contribution < -0.4 is 0 Å². The smallest absolute Gasteiger partial charge is 0.162 e. The highest BCUT2D eigenvalue weighted by molar-refractivity contribution is 9.09. The van der Waals surface area contributed by atoms with E-state index in [0.29, 0.717) is 6.42 Å². The number of carbonyl (C=O) groups excluding carboxylic acids is 1. The van der Waals surface area contributed by atoms with Gasteiger partial charge in [0.25, 0.3) is 0 Å². The number of carbonyl (C=O) groups is 1. The molecule has 0 aliphatic heterocycles. The lowest BCUT2D eigenvalue weighted by atomic mass is 9.86. The lowest BCUT2D eigenvalue weighted by molar-refractivity contribution is 0.0980. The molecule has 17 heavy (non-hydrogen) atoms. The van der Waals surface area contributed by atoms with E-state index in [1.165, 1.54) is 5.56 Å². The number of Topliss-reactive ketones (excluding diaryl/α,β-unsaturated/α-hetero) is 1. The molecule has 0 saturated heterocycles. The largest absolute Gasteiger partial charge is 0.294 e. The van der Waals surface area contributed by atoms with Crippen LogP contribution in [0.2, 0.25) is 0 Å². The number of ketones is 1. The number of hydrogen-bond acceptors (Lipinski definition) is 1. The minimum Gasteiger partial charge on any atom is -0.294 e. The van der Waals surface area contributed by atoms with Crippen LogP contribution in [-0.4, -0.2) is 11.1 Å². The zero-order valence-corrected chi connectivity index (χ0v) is 12.5. The Hall–Kier alpha value is -0.630. The van der Waals surface area contributed by atoms with Gasteiger partial charge in [-0.2, -0.15) is 0 Å². The zero-order chi connectivity index (χ0) is 12.9. The fourth-order valence-corrected chi connectivity index (χ4v) is 2.08. The van der Waals surface area contributed by atoms with Gasteiger partial charge in [0, 0.05) is 17.3 Å². The normalized spacial score (nSPS) is 11.5. The van der Waals surface area contributed by atoms with Gasteiger partial charge in [0.2, 0.25) is 0 Å². The summed E-state index contributed by atoms with van der Waals surface area (Å²) in [5.41, 5.74) is 2.26. The molecule has 1 rings (SSSR count). The molecule has 1 aromatic rings. The Kier molecular flexibility index (Phi) is 5.38. The van der Waals surface area contributed by atoms with Gasteiger partial charge in [0.05, 0.1) is 0 Å². The standard InChI is InChI=1S/C15H21BrO/c1-15(2,3)13-9-7-12(8-10-13)14(17)6-4-5-11-16/h7-10H,4-6,11H2,1-3H3. The number of benzene rings is 1. The van der Waals surface area contributed by atoms with E-state index in [2.05, 4.69) is 48.8 Å². The molecular formula is C15H21BrO. The SMILES string of the molecule is CC(C)(C)c1ccc(C(=O)CCCCBr)cc1. The van der Waals surface area contributed by atoms with Crippen LogP contribution in [0.25, 0.3) is 0 Å². The fourth-order valence-electron chi connectivity index (χ4n) is 1.68. The Morgan fingerprint density at radius 1 is 1.12 bits per heavy atom. The molecule has 2 heteroatoms. The summed E-state index contributed by atoms with van der Waals surface area (Å²) in [4.78, 5) is 11.9. The van der Waals surface area contributed by atoms with Gasteiger partial charge in [-0.15, -0.1) is 0 Å². The third-order valence-corrected chi connectivity index (χ3v) is 3.42. The van der Waals surface area contributed by atoms with Crippen LogP contribution in [0.1, 0.15) is 56.0 Å². The molecule has 0 N–H and O–H groups in total. The predicted molar refractivity (Wildman–Crippen MR) is 77.1 cm³/mol. The van der Waals surface area contributed by atoms with E-state index in [4.69, 9.17) is 0 Å². The number of hydrogen-bond donors (Lipinski definition) is 0. The molecule has 0 heterocycles. The van der Waals surface area contributed by atoms with Gasteiger partial charge < -0.3 is 0 Å². The van der Waals surface area contributed by atoms with E-state index < -0.39 is 0 Å². The molecule has 0 aliphatic carbocycles. The fraction of sp³-hybridized carbons (Fsp3) is 0.533. The van der Waals surface area contributed by atoms with E-state index in [1.54, 1.807) is 0 Å². The molecule has 1 aromatic carbocycles. The molecule has 94 valence electrons. The molecule has 0 aromatic heterocycles.